The Kier molecular flexibility index (Phi) is 15.4. The zero-order valence-corrected chi connectivity index (χ0v) is 13.6. The third-order valence-electron chi connectivity index (χ3n) is 2.08. The first-order valence-electron chi connectivity index (χ1n) is 5.87. The number of carbonyl (C=O) groups excluding carboxylic acids is 1. The van der Waals surface area contributed by atoms with Crippen molar-refractivity contribution in [1.29, 1.82) is 0 Å². The van der Waals surface area contributed by atoms with E-state index in [1.165, 1.54) is 13.0 Å². The van der Waals surface area contributed by atoms with E-state index < -0.39 is 33.2 Å². The molecule has 2 unspecified atom stereocenters. The molecule has 0 aliphatic carbocycles. The molecule has 9 heteroatoms. The van der Waals surface area contributed by atoms with Crippen LogP contribution in [-0.4, -0.2) is 41.9 Å². The summed E-state index contributed by atoms with van der Waals surface area (Å²) in [4.78, 5) is 21.3. The molecule has 0 bridgehead atoms. The first-order chi connectivity index (χ1) is 9.06. The molecule has 0 radical (unpaired) electrons. The molecule has 2 N–H and O–H groups in total. The number of esters is 1. The van der Waals surface area contributed by atoms with E-state index in [4.69, 9.17) is 14.4 Å². The van der Waals surface area contributed by atoms with Gasteiger partial charge in [0.15, 0.2) is 0 Å². The van der Waals surface area contributed by atoms with Crippen molar-refractivity contribution < 1.29 is 51.3 Å². The van der Waals surface area contributed by atoms with E-state index >= 15 is 0 Å². The van der Waals surface area contributed by atoms with Gasteiger partial charge in [0.2, 0.25) is 10.1 Å². The molecular formula is C12H21LiO7S. The Hall–Kier alpha value is -0.813. The van der Waals surface area contributed by atoms with E-state index in [1.54, 1.807) is 19.9 Å². The summed E-state index contributed by atoms with van der Waals surface area (Å²) < 4.78 is 32.3. The molecule has 0 fully saturated rings. The quantitative estimate of drug-likeness (QED) is 0.197. The molecular weight excluding hydrogens is 295 g/mol. The number of hydrogen-bond donors (Lipinski definition) is 2. The minimum atomic E-state index is -3.85. The van der Waals surface area contributed by atoms with Crippen LogP contribution >= 0.6 is 0 Å². The maximum absolute atomic E-state index is 10.8. The van der Waals surface area contributed by atoms with E-state index in [1.807, 2.05) is 0 Å². The van der Waals surface area contributed by atoms with Crippen molar-refractivity contribution in [2.24, 2.45) is 5.92 Å². The summed E-state index contributed by atoms with van der Waals surface area (Å²) in [6.45, 7) is 7.74. The summed E-state index contributed by atoms with van der Waals surface area (Å²) in [7, 11) is -3.85. The van der Waals surface area contributed by atoms with E-state index in [0.29, 0.717) is 6.42 Å². The smallest absolute Gasteiger partial charge is 0.481 e. The second-order valence-corrected chi connectivity index (χ2v) is 5.73. The van der Waals surface area contributed by atoms with Crippen LogP contribution in [0.2, 0.25) is 0 Å². The first-order valence-corrected chi connectivity index (χ1v) is 7.38. The Balaban J connectivity index is -0.000000347. The Morgan fingerprint density at radius 3 is 2.05 bits per heavy atom. The molecule has 0 aliphatic heterocycles. The third kappa shape index (κ3) is 15.4. The zero-order chi connectivity index (χ0) is 16.3. The average molecular weight is 316 g/mol. The molecule has 0 amide bonds. The number of hydrogen-bond acceptors (Lipinski definition) is 5. The Morgan fingerprint density at radius 1 is 1.38 bits per heavy atom. The minimum absolute atomic E-state index is 0. The SMILES string of the molecule is CC=CC(=O)OCC(CC)C(=O)O.[CH2-]C(C)S(=O)(=O)O.[Li+]. The van der Waals surface area contributed by atoms with Gasteiger partial charge in [0.25, 0.3) is 0 Å². The van der Waals surface area contributed by atoms with Crippen molar-refractivity contribution in [3.63, 3.8) is 0 Å². The number of rotatable bonds is 6. The van der Waals surface area contributed by atoms with E-state index in [9.17, 15) is 18.0 Å². The van der Waals surface area contributed by atoms with Crippen LogP contribution in [0.4, 0.5) is 0 Å². The van der Waals surface area contributed by atoms with Gasteiger partial charge < -0.3 is 16.8 Å². The number of carboxylic acids is 1. The van der Waals surface area contributed by atoms with E-state index in [-0.39, 0.29) is 25.5 Å². The van der Waals surface area contributed by atoms with E-state index in [0.717, 1.165) is 0 Å². The van der Waals surface area contributed by atoms with Crippen LogP contribution in [0, 0.1) is 12.8 Å². The molecule has 0 saturated heterocycles. The second kappa shape index (κ2) is 12.9. The normalized spacial score (nSPS) is 13.4. The average Bonchev–Trinajstić information content (AvgIpc) is 2.29. The van der Waals surface area contributed by atoms with Gasteiger partial charge in [-0.2, -0.15) is 0 Å². The van der Waals surface area contributed by atoms with Crippen LogP contribution in [0.25, 0.3) is 0 Å². The number of aliphatic carboxylic acids is 1. The van der Waals surface area contributed by atoms with Gasteiger partial charge in [-0.3, -0.25) is 9.35 Å². The van der Waals surface area contributed by atoms with Crippen molar-refractivity contribution in [3.05, 3.63) is 19.1 Å². The fraction of sp³-hybridized carbons (Fsp3) is 0.583. The van der Waals surface area contributed by atoms with Crippen LogP contribution < -0.4 is 18.9 Å². The van der Waals surface area contributed by atoms with Gasteiger partial charge in [0.05, 0.1) is 5.92 Å². The zero-order valence-electron chi connectivity index (χ0n) is 12.8. The largest absolute Gasteiger partial charge is 1.00 e. The fourth-order valence-corrected chi connectivity index (χ4v) is 0.731. The minimum Gasteiger partial charge on any atom is -0.481 e. The standard InChI is InChI=1S/C9H14O4.C3H7O3S.Li/c1-3-5-8(10)13-6-7(4-2)9(11)12;1-3(2)7(4,5)6;/h3,5,7H,4,6H2,1-2H3,(H,11,12);3H,1H2,2H3,(H,4,5,6);/q;-1;+1. The number of allylic oxidation sites excluding steroid dienone is 1. The topological polar surface area (TPSA) is 118 Å². The van der Waals surface area contributed by atoms with Crippen molar-refractivity contribution in [1.82, 2.24) is 0 Å². The summed E-state index contributed by atoms with van der Waals surface area (Å²) in [5.74, 6) is -2.04. The predicted octanol–water partition coefficient (Wildman–Crippen LogP) is -1.68. The molecule has 2 atom stereocenters. The molecule has 0 aromatic rings. The Morgan fingerprint density at radius 2 is 1.81 bits per heavy atom. The van der Waals surface area contributed by atoms with Crippen LogP contribution in [0.1, 0.15) is 27.2 Å². The van der Waals surface area contributed by atoms with Crippen LogP contribution in [0.15, 0.2) is 12.2 Å². The fourth-order valence-electron chi connectivity index (χ4n) is 0.731. The molecule has 0 aromatic heterocycles. The van der Waals surface area contributed by atoms with Crippen LogP contribution in [0.3, 0.4) is 0 Å². The maximum atomic E-state index is 10.8. The molecule has 0 saturated carbocycles. The van der Waals surface area contributed by atoms with Crippen LogP contribution in [0.5, 0.6) is 0 Å². The van der Waals surface area contributed by atoms with Gasteiger partial charge in [0.1, 0.15) is 6.61 Å². The van der Waals surface area contributed by atoms with Gasteiger partial charge in [-0.1, -0.05) is 19.9 Å². The number of carbonyl (C=O) groups is 2. The first kappa shape index (κ1) is 25.2. The van der Waals surface area contributed by atoms with Crippen molar-refractivity contribution in [2.45, 2.75) is 32.4 Å². The van der Waals surface area contributed by atoms with Crippen molar-refractivity contribution >= 4 is 22.1 Å². The Labute approximate surface area is 137 Å². The molecule has 0 spiro atoms. The number of carboxylic acid groups (broad SMARTS) is 1. The second-order valence-electron chi connectivity index (χ2n) is 3.90. The molecule has 21 heavy (non-hydrogen) atoms. The van der Waals surface area contributed by atoms with Gasteiger partial charge in [-0.05, 0) is 18.6 Å². The van der Waals surface area contributed by atoms with Crippen molar-refractivity contribution in [2.75, 3.05) is 6.61 Å². The van der Waals surface area contributed by atoms with Gasteiger partial charge in [-0.25, -0.2) is 13.2 Å². The number of ether oxygens (including phenoxy) is 1. The maximum Gasteiger partial charge on any atom is 1.00 e. The summed E-state index contributed by atoms with van der Waals surface area (Å²) >= 11 is 0. The molecule has 118 valence electrons. The summed E-state index contributed by atoms with van der Waals surface area (Å²) in [5.41, 5.74) is 0. The van der Waals surface area contributed by atoms with E-state index in [2.05, 4.69) is 6.92 Å². The Bertz CT molecular complexity index is 429. The summed E-state index contributed by atoms with van der Waals surface area (Å²) in [6.07, 6.45) is 3.26. The summed E-state index contributed by atoms with van der Waals surface area (Å²) in [6, 6.07) is 0. The van der Waals surface area contributed by atoms with Gasteiger partial charge in [-0.15, -0.1) is 0 Å². The molecule has 7 nitrogen and oxygen atoms in total. The molecule has 0 aromatic carbocycles. The van der Waals surface area contributed by atoms with Gasteiger partial charge >= 0.3 is 30.8 Å². The summed E-state index contributed by atoms with van der Waals surface area (Å²) in [5, 5.41) is 7.68. The monoisotopic (exact) mass is 316 g/mol. The third-order valence-corrected chi connectivity index (χ3v) is 3.10. The molecule has 0 rings (SSSR count). The van der Waals surface area contributed by atoms with Crippen molar-refractivity contribution in [3.8, 4) is 0 Å². The van der Waals surface area contributed by atoms with Crippen LogP contribution in [-0.2, 0) is 24.4 Å². The molecule has 0 aliphatic rings. The molecule has 0 heterocycles. The van der Waals surface area contributed by atoms with Gasteiger partial charge in [0, 0.05) is 6.08 Å². The predicted molar refractivity (Wildman–Crippen MR) is 73.6 cm³/mol.